The van der Waals surface area contributed by atoms with E-state index in [0.29, 0.717) is 34.7 Å². The fourth-order valence-electron chi connectivity index (χ4n) is 3.49. The minimum absolute atomic E-state index is 0.0618. The van der Waals surface area contributed by atoms with Crippen LogP contribution in [-0.2, 0) is 20.6 Å². The number of rotatable bonds is 6. The molecule has 30 heavy (non-hydrogen) atoms. The normalized spacial score (nSPS) is 15.7. The Bertz CT molecular complexity index is 1070. The van der Waals surface area contributed by atoms with Crippen molar-refractivity contribution in [1.82, 2.24) is 4.31 Å². The maximum Gasteiger partial charge on any atom is 0.274 e. The number of hydrogen-bond acceptors (Lipinski definition) is 5. The van der Waals surface area contributed by atoms with Crippen LogP contribution in [0.25, 0.3) is 0 Å². The van der Waals surface area contributed by atoms with Crippen LogP contribution < -0.4 is 5.32 Å². The minimum atomic E-state index is -3.55. The fraction of sp³-hybridized carbons (Fsp3) is 0.350. The number of anilines is 1. The van der Waals surface area contributed by atoms with Crippen molar-refractivity contribution in [2.24, 2.45) is 5.92 Å². The first-order valence-electron chi connectivity index (χ1n) is 9.45. The maximum atomic E-state index is 12.7. The third-order valence-electron chi connectivity index (χ3n) is 5.27. The summed E-state index contributed by atoms with van der Waals surface area (Å²) in [7, 11) is -3.55. The van der Waals surface area contributed by atoms with Crippen molar-refractivity contribution in [3.63, 3.8) is 0 Å². The SMILES string of the molecule is Cc1c(NC(=O)C2CCN(S(=O)(=O)Cc3ccccc3Cl)CC2)cccc1[N+](=O)[O-]. The van der Waals surface area contributed by atoms with E-state index >= 15 is 0 Å². The molecule has 8 nitrogen and oxygen atoms in total. The van der Waals surface area contributed by atoms with Gasteiger partial charge in [-0.3, -0.25) is 14.9 Å². The number of benzene rings is 2. The van der Waals surface area contributed by atoms with Crippen LogP contribution in [0.1, 0.15) is 24.0 Å². The standard InChI is InChI=1S/C20H22ClN3O5S/c1-14-18(7-4-8-19(14)24(26)27)22-20(25)15-9-11-23(12-10-15)30(28,29)13-16-5-2-3-6-17(16)21/h2-8,15H,9-13H2,1H3,(H,22,25). The summed E-state index contributed by atoms with van der Waals surface area (Å²) in [4.78, 5) is 23.2. The number of nitro benzene ring substituents is 1. The number of nitrogens with one attached hydrogen (secondary N) is 1. The summed E-state index contributed by atoms with van der Waals surface area (Å²) in [6, 6.07) is 11.3. The Morgan fingerprint density at radius 2 is 1.87 bits per heavy atom. The number of piperidine rings is 1. The second-order valence-corrected chi connectivity index (χ2v) is 9.59. The lowest BCUT2D eigenvalue weighted by Gasteiger charge is -2.30. The Morgan fingerprint density at radius 3 is 2.50 bits per heavy atom. The van der Waals surface area contributed by atoms with Crippen LogP contribution in [0.15, 0.2) is 42.5 Å². The molecule has 0 radical (unpaired) electrons. The van der Waals surface area contributed by atoms with Crippen LogP contribution in [0.5, 0.6) is 0 Å². The molecular weight excluding hydrogens is 430 g/mol. The second-order valence-electron chi connectivity index (χ2n) is 7.22. The molecule has 1 heterocycles. The van der Waals surface area contributed by atoms with E-state index in [1.165, 1.54) is 16.4 Å². The van der Waals surface area contributed by atoms with Crippen molar-refractivity contribution in [2.75, 3.05) is 18.4 Å². The molecule has 0 aromatic heterocycles. The summed E-state index contributed by atoms with van der Waals surface area (Å²) in [5.41, 5.74) is 1.26. The molecule has 3 rings (SSSR count). The molecule has 2 aromatic rings. The maximum absolute atomic E-state index is 12.7. The van der Waals surface area contributed by atoms with Gasteiger partial charge < -0.3 is 5.32 Å². The molecule has 0 aliphatic carbocycles. The third kappa shape index (κ3) is 4.97. The van der Waals surface area contributed by atoms with E-state index in [9.17, 15) is 23.3 Å². The third-order valence-corrected chi connectivity index (χ3v) is 7.47. The van der Waals surface area contributed by atoms with Gasteiger partial charge in [-0.1, -0.05) is 35.9 Å². The monoisotopic (exact) mass is 451 g/mol. The molecule has 160 valence electrons. The number of carbonyl (C=O) groups is 1. The molecule has 0 unspecified atom stereocenters. The number of hydrogen-bond donors (Lipinski definition) is 1. The zero-order valence-corrected chi connectivity index (χ0v) is 17.9. The van der Waals surface area contributed by atoms with E-state index < -0.39 is 14.9 Å². The number of nitrogens with zero attached hydrogens (tertiary/aromatic N) is 2. The highest BCUT2D eigenvalue weighted by Crippen LogP contribution is 2.28. The van der Waals surface area contributed by atoms with Gasteiger partial charge in [-0.05, 0) is 37.5 Å². The summed E-state index contributed by atoms with van der Waals surface area (Å²) in [5, 5.41) is 14.2. The van der Waals surface area contributed by atoms with Gasteiger partial charge in [0.25, 0.3) is 5.69 Å². The van der Waals surface area contributed by atoms with Crippen molar-refractivity contribution < 1.29 is 18.1 Å². The number of carbonyl (C=O) groups excluding carboxylic acids is 1. The lowest BCUT2D eigenvalue weighted by Crippen LogP contribution is -2.42. The van der Waals surface area contributed by atoms with Crippen molar-refractivity contribution in [1.29, 1.82) is 0 Å². The smallest absolute Gasteiger partial charge is 0.274 e. The van der Waals surface area contributed by atoms with Gasteiger partial charge >= 0.3 is 0 Å². The quantitative estimate of drug-likeness (QED) is 0.531. The first-order chi connectivity index (χ1) is 14.2. The summed E-state index contributed by atoms with van der Waals surface area (Å²) in [6.45, 7) is 2.05. The lowest BCUT2D eigenvalue weighted by molar-refractivity contribution is -0.385. The summed E-state index contributed by atoms with van der Waals surface area (Å²) in [5.74, 6) is -0.812. The van der Waals surface area contributed by atoms with Gasteiger partial charge in [-0.15, -0.1) is 0 Å². The van der Waals surface area contributed by atoms with Gasteiger partial charge in [0.2, 0.25) is 15.9 Å². The van der Waals surface area contributed by atoms with Crippen molar-refractivity contribution in [3.8, 4) is 0 Å². The van der Waals surface area contributed by atoms with Crippen LogP contribution in [0.4, 0.5) is 11.4 Å². The van der Waals surface area contributed by atoms with Crippen LogP contribution in [0.2, 0.25) is 5.02 Å². The predicted molar refractivity (Wildman–Crippen MR) is 115 cm³/mol. The highest BCUT2D eigenvalue weighted by Gasteiger charge is 2.32. The Labute approximate surface area is 180 Å². The molecule has 1 amide bonds. The molecule has 1 aliphatic heterocycles. The summed E-state index contributed by atoms with van der Waals surface area (Å²) < 4.78 is 26.8. The van der Waals surface area contributed by atoms with Gasteiger partial charge in [-0.2, -0.15) is 0 Å². The highest BCUT2D eigenvalue weighted by atomic mass is 35.5. The van der Waals surface area contributed by atoms with Crippen molar-refractivity contribution in [2.45, 2.75) is 25.5 Å². The largest absolute Gasteiger partial charge is 0.325 e. The Morgan fingerprint density at radius 1 is 1.20 bits per heavy atom. The fourth-order valence-corrected chi connectivity index (χ4v) is 5.37. The zero-order valence-electron chi connectivity index (χ0n) is 16.4. The minimum Gasteiger partial charge on any atom is -0.325 e. The van der Waals surface area contributed by atoms with Crippen LogP contribution >= 0.6 is 11.6 Å². The van der Waals surface area contributed by atoms with Gasteiger partial charge in [0.05, 0.1) is 21.9 Å². The molecule has 1 fully saturated rings. The number of halogens is 1. The van der Waals surface area contributed by atoms with Crippen molar-refractivity contribution in [3.05, 3.63) is 68.7 Å². The van der Waals surface area contributed by atoms with E-state index in [-0.39, 0.29) is 36.4 Å². The van der Waals surface area contributed by atoms with E-state index in [1.807, 2.05) is 0 Å². The van der Waals surface area contributed by atoms with E-state index in [0.717, 1.165) is 0 Å². The van der Waals surface area contributed by atoms with Crippen LogP contribution in [-0.4, -0.2) is 36.6 Å². The average molecular weight is 452 g/mol. The molecule has 1 saturated heterocycles. The van der Waals surface area contributed by atoms with Crippen molar-refractivity contribution >= 4 is 38.9 Å². The molecule has 0 atom stereocenters. The summed E-state index contributed by atoms with van der Waals surface area (Å²) >= 11 is 6.08. The van der Waals surface area contributed by atoms with Gasteiger partial charge in [0.1, 0.15) is 0 Å². The highest BCUT2D eigenvalue weighted by molar-refractivity contribution is 7.88. The number of nitro groups is 1. The number of sulfonamides is 1. The molecule has 10 heteroatoms. The van der Waals surface area contributed by atoms with Crippen LogP contribution in [0, 0.1) is 23.0 Å². The molecule has 1 N–H and O–H groups in total. The Kier molecular flexibility index (Phi) is 6.74. The molecule has 2 aromatic carbocycles. The van der Waals surface area contributed by atoms with Gasteiger partial charge in [0, 0.05) is 30.1 Å². The molecule has 0 spiro atoms. The summed E-state index contributed by atoms with van der Waals surface area (Å²) in [6.07, 6.45) is 0.753. The Hall–Kier alpha value is -2.49. The predicted octanol–water partition coefficient (Wildman–Crippen LogP) is 3.74. The first-order valence-corrected chi connectivity index (χ1v) is 11.4. The Balaban J connectivity index is 1.61. The zero-order chi connectivity index (χ0) is 21.9. The van der Waals surface area contributed by atoms with Gasteiger partial charge in [0.15, 0.2) is 0 Å². The van der Waals surface area contributed by atoms with Gasteiger partial charge in [-0.25, -0.2) is 12.7 Å². The van der Waals surface area contributed by atoms with E-state index in [4.69, 9.17) is 11.6 Å². The number of amides is 1. The van der Waals surface area contributed by atoms with E-state index in [2.05, 4.69) is 5.32 Å². The molecular formula is C20H22ClN3O5S. The van der Waals surface area contributed by atoms with E-state index in [1.54, 1.807) is 37.3 Å². The lowest BCUT2D eigenvalue weighted by atomic mass is 9.97. The molecule has 0 bridgehead atoms. The molecule has 0 saturated carbocycles. The average Bonchev–Trinajstić information content (AvgIpc) is 2.71. The van der Waals surface area contributed by atoms with Crippen LogP contribution in [0.3, 0.4) is 0 Å². The first kappa shape index (κ1) is 22.2. The second kappa shape index (κ2) is 9.11. The topological polar surface area (TPSA) is 110 Å². The molecule has 1 aliphatic rings.